The van der Waals surface area contributed by atoms with Gasteiger partial charge in [0, 0.05) is 11.6 Å². The molecule has 0 radical (unpaired) electrons. The van der Waals surface area contributed by atoms with Gasteiger partial charge in [-0.25, -0.2) is 4.98 Å². The highest BCUT2D eigenvalue weighted by molar-refractivity contribution is 6.33. The van der Waals surface area contributed by atoms with Crippen LogP contribution in [0.3, 0.4) is 0 Å². The number of aryl methyl sites for hydroxylation is 1. The number of nitrogens with zero attached hydrogens (tertiary/aromatic N) is 6. The smallest absolute Gasteiger partial charge is 0.364 e. The molecule has 0 atom stereocenters. The van der Waals surface area contributed by atoms with Crippen LogP contribution < -0.4 is 4.74 Å². The molecular weight excluding hydrogens is 432 g/mol. The van der Waals surface area contributed by atoms with Gasteiger partial charge in [-0.05, 0) is 64.4 Å². The maximum absolute atomic E-state index is 11.1. The third kappa shape index (κ3) is 3.19. The summed E-state index contributed by atoms with van der Waals surface area (Å²) in [4.78, 5) is 19.1. The minimum absolute atomic E-state index is 0.220. The second-order valence-corrected chi connectivity index (χ2v) is 7.50. The Hall–Kier alpha value is -4.11. The van der Waals surface area contributed by atoms with E-state index in [0.29, 0.717) is 44.6 Å². The average Bonchev–Trinajstić information content (AvgIpc) is 3.15. The van der Waals surface area contributed by atoms with Gasteiger partial charge in [-0.1, -0.05) is 17.7 Å². The van der Waals surface area contributed by atoms with E-state index in [9.17, 15) is 10.1 Å². The Kier molecular flexibility index (Phi) is 4.67. The molecular formula is C22H15ClN6O3. The largest absolute Gasteiger partial charge is 0.497 e. The van der Waals surface area contributed by atoms with E-state index >= 15 is 0 Å². The number of methoxy groups -OCH3 is 1. The minimum Gasteiger partial charge on any atom is -0.497 e. The van der Waals surface area contributed by atoms with Gasteiger partial charge >= 0.3 is 5.82 Å². The number of hydrogen-bond donors (Lipinski definition) is 0. The number of ether oxygens (including phenoxy) is 1. The topological polar surface area (TPSA) is 108 Å². The fourth-order valence-electron chi connectivity index (χ4n) is 3.62. The SMILES string of the molecule is COc1ccc(Cl)c(-c2nc(C)c3nnc4ccc(-c5ccnc([N+](=O)[O-])c5)cc4n23)c1. The third-order valence-corrected chi connectivity index (χ3v) is 5.50. The van der Waals surface area contributed by atoms with Gasteiger partial charge < -0.3 is 14.9 Å². The number of benzene rings is 2. The van der Waals surface area contributed by atoms with Gasteiger partial charge in [0.15, 0.2) is 5.65 Å². The lowest BCUT2D eigenvalue weighted by Gasteiger charge is -2.09. The van der Waals surface area contributed by atoms with Gasteiger partial charge in [0.2, 0.25) is 0 Å². The molecule has 10 heteroatoms. The van der Waals surface area contributed by atoms with E-state index in [1.54, 1.807) is 25.3 Å². The van der Waals surface area contributed by atoms with E-state index < -0.39 is 4.92 Å². The van der Waals surface area contributed by atoms with Gasteiger partial charge in [0.25, 0.3) is 0 Å². The normalized spacial score (nSPS) is 11.2. The van der Waals surface area contributed by atoms with Crippen molar-refractivity contribution in [3.8, 4) is 28.3 Å². The van der Waals surface area contributed by atoms with E-state index in [1.165, 1.54) is 12.3 Å². The van der Waals surface area contributed by atoms with Crippen molar-refractivity contribution in [2.45, 2.75) is 6.92 Å². The fourth-order valence-corrected chi connectivity index (χ4v) is 3.82. The van der Waals surface area contributed by atoms with Crippen molar-refractivity contribution in [1.29, 1.82) is 0 Å². The van der Waals surface area contributed by atoms with Crippen LogP contribution in [-0.2, 0) is 0 Å². The van der Waals surface area contributed by atoms with Crippen LogP contribution in [0, 0.1) is 17.0 Å². The molecule has 0 spiro atoms. The van der Waals surface area contributed by atoms with Crippen LogP contribution in [0.15, 0.2) is 54.7 Å². The zero-order valence-electron chi connectivity index (χ0n) is 17.0. The predicted octanol–water partition coefficient (Wildman–Crippen LogP) is 4.89. The zero-order chi connectivity index (χ0) is 22.4. The number of rotatable bonds is 4. The Morgan fingerprint density at radius 2 is 1.88 bits per heavy atom. The molecule has 2 aromatic carbocycles. The second kappa shape index (κ2) is 7.54. The summed E-state index contributed by atoms with van der Waals surface area (Å²) in [6.07, 6.45) is 1.42. The number of nitro groups is 1. The summed E-state index contributed by atoms with van der Waals surface area (Å²) >= 11 is 6.51. The second-order valence-electron chi connectivity index (χ2n) is 7.09. The highest BCUT2D eigenvalue weighted by Crippen LogP contribution is 2.34. The van der Waals surface area contributed by atoms with Crippen molar-refractivity contribution in [1.82, 2.24) is 24.6 Å². The molecule has 0 N–H and O–H groups in total. The van der Waals surface area contributed by atoms with Crippen molar-refractivity contribution in [3.05, 3.63) is 75.6 Å². The highest BCUT2D eigenvalue weighted by atomic mass is 35.5. The standard InChI is InChI=1S/C22H15ClN6O3/c1-12-21-27-26-18-6-3-13(14-7-8-24-20(10-14)29(30)31)9-19(18)28(21)22(25-12)16-11-15(32-2)4-5-17(16)23/h3-11H,1-2H3. The van der Waals surface area contributed by atoms with E-state index in [-0.39, 0.29) is 5.82 Å². The predicted molar refractivity (Wildman–Crippen MR) is 120 cm³/mol. The van der Waals surface area contributed by atoms with Crippen LogP contribution in [0.2, 0.25) is 5.02 Å². The molecule has 3 heterocycles. The lowest BCUT2D eigenvalue weighted by molar-refractivity contribution is -0.389. The first kappa shape index (κ1) is 19.8. The van der Waals surface area contributed by atoms with Gasteiger partial charge in [-0.2, -0.15) is 0 Å². The average molecular weight is 447 g/mol. The zero-order valence-corrected chi connectivity index (χ0v) is 17.7. The summed E-state index contributed by atoms with van der Waals surface area (Å²) in [5.41, 5.74) is 4.78. The molecule has 5 rings (SSSR count). The number of imidazole rings is 1. The number of aromatic nitrogens is 5. The molecule has 3 aromatic heterocycles. The highest BCUT2D eigenvalue weighted by Gasteiger charge is 2.18. The molecule has 0 saturated carbocycles. The van der Waals surface area contributed by atoms with Gasteiger partial charge in [0.1, 0.15) is 23.3 Å². The molecule has 0 aliphatic carbocycles. The van der Waals surface area contributed by atoms with Crippen molar-refractivity contribution >= 4 is 34.1 Å². The minimum atomic E-state index is -0.518. The first-order valence-corrected chi connectivity index (χ1v) is 9.94. The molecule has 0 aliphatic rings. The van der Waals surface area contributed by atoms with Crippen molar-refractivity contribution < 1.29 is 9.66 Å². The Bertz CT molecular complexity index is 1530. The molecule has 9 nitrogen and oxygen atoms in total. The molecule has 0 saturated heterocycles. The van der Waals surface area contributed by atoms with Crippen LogP contribution in [0.5, 0.6) is 5.75 Å². The maximum Gasteiger partial charge on any atom is 0.364 e. The van der Waals surface area contributed by atoms with Crippen LogP contribution in [0.1, 0.15) is 5.69 Å². The van der Waals surface area contributed by atoms with Crippen LogP contribution in [0.25, 0.3) is 39.2 Å². The van der Waals surface area contributed by atoms with E-state index in [1.807, 2.05) is 35.6 Å². The summed E-state index contributed by atoms with van der Waals surface area (Å²) < 4.78 is 7.25. The monoisotopic (exact) mass is 446 g/mol. The maximum atomic E-state index is 11.1. The van der Waals surface area contributed by atoms with Crippen molar-refractivity contribution in [3.63, 3.8) is 0 Å². The molecule has 5 aromatic rings. The summed E-state index contributed by atoms with van der Waals surface area (Å²) in [5, 5.41) is 20.3. The molecule has 158 valence electrons. The van der Waals surface area contributed by atoms with Crippen LogP contribution >= 0.6 is 11.6 Å². The van der Waals surface area contributed by atoms with Crippen LogP contribution in [-0.4, -0.2) is 36.6 Å². The van der Waals surface area contributed by atoms with Crippen LogP contribution in [0.4, 0.5) is 5.82 Å². The molecule has 0 aliphatic heterocycles. The Morgan fingerprint density at radius 3 is 2.66 bits per heavy atom. The lowest BCUT2D eigenvalue weighted by Crippen LogP contribution is -1.98. The fraction of sp³-hybridized carbons (Fsp3) is 0.0909. The molecule has 0 amide bonds. The van der Waals surface area contributed by atoms with E-state index in [4.69, 9.17) is 21.3 Å². The number of pyridine rings is 1. The van der Waals surface area contributed by atoms with Crippen molar-refractivity contribution in [2.24, 2.45) is 0 Å². The quantitative estimate of drug-likeness (QED) is 0.285. The summed E-state index contributed by atoms with van der Waals surface area (Å²) in [6, 6.07) is 14.1. The number of fused-ring (bicyclic) bond motifs is 3. The Balaban J connectivity index is 1.80. The number of hydrogen-bond acceptors (Lipinski definition) is 7. The van der Waals surface area contributed by atoms with E-state index in [0.717, 1.165) is 11.1 Å². The molecule has 32 heavy (non-hydrogen) atoms. The number of halogens is 1. The molecule has 0 unspecified atom stereocenters. The van der Waals surface area contributed by atoms with Crippen molar-refractivity contribution in [2.75, 3.05) is 7.11 Å². The van der Waals surface area contributed by atoms with Gasteiger partial charge in [-0.15, -0.1) is 10.2 Å². The summed E-state index contributed by atoms with van der Waals surface area (Å²) in [6.45, 7) is 1.85. The van der Waals surface area contributed by atoms with Gasteiger partial charge in [-0.3, -0.25) is 4.40 Å². The Labute approximate surface area is 186 Å². The first-order valence-electron chi connectivity index (χ1n) is 9.56. The Morgan fingerprint density at radius 1 is 1.06 bits per heavy atom. The lowest BCUT2D eigenvalue weighted by atomic mass is 10.1. The third-order valence-electron chi connectivity index (χ3n) is 5.17. The van der Waals surface area contributed by atoms with Gasteiger partial charge in [0.05, 0.1) is 23.3 Å². The first-order chi connectivity index (χ1) is 15.5. The molecule has 0 fully saturated rings. The molecule has 0 bridgehead atoms. The van der Waals surface area contributed by atoms with E-state index in [2.05, 4.69) is 15.2 Å². The summed E-state index contributed by atoms with van der Waals surface area (Å²) in [7, 11) is 1.59. The summed E-state index contributed by atoms with van der Waals surface area (Å²) in [5.74, 6) is 1.02.